The Labute approximate surface area is 200 Å². The number of amides is 2. The van der Waals surface area contributed by atoms with Crippen molar-refractivity contribution in [3.05, 3.63) is 83.7 Å². The Kier molecular flexibility index (Phi) is 6.93. The molecule has 0 bridgehead atoms. The number of ether oxygens (including phenoxy) is 1. The van der Waals surface area contributed by atoms with E-state index in [0.717, 1.165) is 0 Å². The van der Waals surface area contributed by atoms with Gasteiger partial charge in [-0.15, -0.1) is 11.8 Å². The van der Waals surface area contributed by atoms with Crippen molar-refractivity contribution in [2.45, 2.75) is 11.9 Å². The van der Waals surface area contributed by atoms with Crippen LogP contribution in [0.25, 0.3) is 11.6 Å². The summed E-state index contributed by atoms with van der Waals surface area (Å²) in [6.45, 7) is 1.76. The number of nitrogens with zero attached hydrogens (tertiary/aromatic N) is 2. The molecule has 34 heavy (non-hydrogen) atoms. The number of methoxy groups -OCH3 is 1. The topological polar surface area (TPSA) is 106 Å². The van der Waals surface area contributed by atoms with E-state index < -0.39 is 0 Å². The Morgan fingerprint density at radius 2 is 1.71 bits per heavy atom. The van der Waals surface area contributed by atoms with Crippen LogP contribution in [0.15, 0.2) is 76.4 Å². The van der Waals surface area contributed by atoms with E-state index in [4.69, 9.17) is 9.15 Å². The molecule has 0 fully saturated rings. The Hall–Kier alpha value is -4.11. The summed E-state index contributed by atoms with van der Waals surface area (Å²) in [5, 5.41) is 6.23. The van der Waals surface area contributed by atoms with E-state index in [-0.39, 0.29) is 11.8 Å². The Morgan fingerprint density at radius 1 is 0.941 bits per heavy atom. The molecule has 0 unspecified atom stereocenters. The predicted molar refractivity (Wildman–Crippen MR) is 132 cm³/mol. The van der Waals surface area contributed by atoms with Crippen LogP contribution in [0.2, 0.25) is 0 Å². The molecule has 0 aliphatic heterocycles. The van der Waals surface area contributed by atoms with Crippen LogP contribution in [0.3, 0.4) is 0 Å². The molecule has 4 aromatic rings. The number of aryl methyl sites for hydroxylation is 1. The number of anilines is 2. The summed E-state index contributed by atoms with van der Waals surface area (Å²) >= 11 is 1.35. The molecule has 9 heteroatoms. The van der Waals surface area contributed by atoms with Gasteiger partial charge in [0.1, 0.15) is 10.8 Å². The second-order valence-corrected chi connectivity index (χ2v) is 7.98. The first-order valence-corrected chi connectivity index (χ1v) is 11.5. The monoisotopic (exact) mass is 474 g/mol. The summed E-state index contributed by atoms with van der Waals surface area (Å²) in [5.41, 5.74) is 2.48. The van der Waals surface area contributed by atoms with E-state index >= 15 is 0 Å². The van der Waals surface area contributed by atoms with E-state index in [1.165, 1.54) is 11.8 Å². The molecule has 4 rings (SSSR count). The average molecular weight is 475 g/mol. The van der Waals surface area contributed by atoms with Crippen molar-refractivity contribution in [2.24, 2.45) is 0 Å². The summed E-state index contributed by atoms with van der Waals surface area (Å²) in [6, 6.07) is 17.3. The Morgan fingerprint density at radius 3 is 2.38 bits per heavy atom. The lowest BCUT2D eigenvalue weighted by Crippen LogP contribution is -2.17. The lowest BCUT2D eigenvalue weighted by Gasteiger charge is -2.12. The van der Waals surface area contributed by atoms with Crippen LogP contribution in [0.1, 0.15) is 26.4 Å². The summed E-state index contributed by atoms with van der Waals surface area (Å²) in [6.07, 6.45) is 3.40. The maximum atomic E-state index is 13.0. The van der Waals surface area contributed by atoms with Gasteiger partial charge >= 0.3 is 0 Å². The lowest BCUT2D eigenvalue weighted by atomic mass is 10.1. The van der Waals surface area contributed by atoms with Crippen LogP contribution in [0.5, 0.6) is 5.75 Å². The summed E-state index contributed by atoms with van der Waals surface area (Å²) in [4.78, 5) is 34.6. The number of thioether (sulfide) groups is 1. The highest BCUT2D eigenvalue weighted by Crippen LogP contribution is 2.27. The number of hydrogen-bond acceptors (Lipinski definition) is 7. The molecule has 0 saturated heterocycles. The van der Waals surface area contributed by atoms with E-state index in [9.17, 15) is 9.59 Å². The number of rotatable bonds is 7. The molecule has 0 spiro atoms. The third kappa shape index (κ3) is 4.94. The zero-order valence-electron chi connectivity index (χ0n) is 18.8. The normalized spacial score (nSPS) is 10.6. The molecule has 0 aliphatic rings. The predicted octanol–water partition coefficient (Wildman–Crippen LogP) is 5.28. The fourth-order valence-corrected chi connectivity index (χ4v) is 3.93. The van der Waals surface area contributed by atoms with Gasteiger partial charge in [0.15, 0.2) is 11.6 Å². The van der Waals surface area contributed by atoms with Crippen LogP contribution in [0, 0.1) is 6.92 Å². The van der Waals surface area contributed by atoms with Crippen LogP contribution >= 0.6 is 11.8 Å². The SMILES string of the molecule is COc1ccccc1NC(=O)c1ccc(NC(=O)c2c(C)nc(-c3ccco3)nc2SC)cc1. The highest BCUT2D eigenvalue weighted by molar-refractivity contribution is 7.98. The van der Waals surface area contributed by atoms with E-state index in [1.54, 1.807) is 68.8 Å². The van der Waals surface area contributed by atoms with Gasteiger partial charge in [-0.25, -0.2) is 9.97 Å². The van der Waals surface area contributed by atoms with Gasteiger partial charge in [0, 0.05) is 11.3 Å². The van der Waals surface area contributed by atoms with E-state index in [0.29, 0.717) is 50.6 Å². The fraction of sp³-hybridized carbons (Fsp3) is 0.120. The van der Waals surface area contributed by atoms with Crippen LogP contribution in [-0.2, 0) is 0 Å². The maximum absolute atomic E-state index is 13.0. The average Bonchev–Trinajstić information content (AvgIpc) is 3.39. The maximum Gasteiger partial charge on any atom is 0.260 e. The van der Waals surface area contributed by atoms with Gasteiger partial charge in [-0.2, -0.15) is 0 Å². The molecule has 2 heterocycles. The second kappa shape index (κ2) is 10.2. The summed E-state index contributed by atoms with van der Waals surface area (Å²) in [7, 11) is 1.54. The van der Waals surface area contributed by atoms with Crippen molar-refractivity contribution >= 4 is 35.0 Å². The first-order valence-electron chi connectivity index (χ1n) is 10.3. The van der Waals surface area contributed by atoms with Crippen molar-refractivity contribution in [3.8, 4) is 17.3 Å². The second-order valence-electron chi connectivity index (χ2n) is 7.18. The molecule has 2 aromatic heterocycles. The zero-order valence-corrected chi connectivity index (χ0v) is 19.6. The zero-order chi connectivity index (χ0) is 24.1. The molecule has 2 N–H and O–H groups in total. The molecular weight excluding hydrogens is 452 g/mol. The van der Waals surface area contributed by atoms with Crippen LogP contribution in [-0.4, -0.2) is 35.1 Å². The third-order valence-electron chi connectivity index (χ3n) is 4.98. The van der Waals surface area contributed by atoms with Gasteiger partial charge < -0.3 is 19.8 Å². The Bertz CT molecular complexity index is 1320. The minimum Gasteiger partial charge on any atom is -0.495 e. The van der Waals surface area contributed by atoms with Gasteiger partial charge in [0.25, 0.3) is 11.8 Å². The number of benzene rings is 2. The molecule has 0 radical (unpaired) electrons. The third-order valence-corrected chi connectivity index (χ3v) is 5.66. The first kappa shape index (κ1) is 23.1. The molecule has 2 aromatic carbocycles. The van der Waals surface area contributed by atoms with Gasteiger partial charge in [-0.3, -0.25) is 9.59 Å². The van der Waals surface area contributed by atoms with Gasteiger partial charge in [0.2, 0.25) is 0 Å². The molecular formula is C25H22N4O4S. The molecule has 0 atom stereocenters. The molecule has 2 amide bonds. The standard InChI is InChI=1S/C25H22N4O4S/c1-15-21(25(34-3)29-22(26-15)20-9-6-14-33-20)24(31)27-17-12-10-16(11-13-17)23(30)28-18-7-4-5-8-19(18)32-2/h4-14H,1-3H3,(H,27,31)(H,28,30). The molecule has 8 nitrogen and oxygen atoms in total. The number of nitrogens with one attached hydrogen (secondary N) is 2. The summed E-state index contributed by atoms with van der Waals surface area (Å²) in [5.74, 6) is 0.907. The fourth-order valence-electron chi connectivity index (χ4n) is 3.31. The van der Waals surface area contributed by atoms with Crippen LogP contribution in [0.4, 0.5) is 11.4 Å². The number of carbonyl (C=O) groups excluding carboxylic acids is 2. The lowest BCUT2D eigenvalue weighted by molar-refractivity contribution is 0.101. The number of carbonyl (C=O) groups is 2. The van der Waals surface area contributed by atoms with Crippen molar-refractivity contribution in [1.82, 2.24) is 9.97 Å². The van der Waals surface area contributed by atoms with Gasteiger partial charge in [0.05, 0.1) is 30.3 Å². The number of aromatic nitrogens is 2. The van der Waals surface area contributed by atoms with Gasteiger partial charge in [-0.05, 0) is 61.7 Å². The van der Waals surface area contributed by atoms with E-state index in [1.807, 2.05) is 18.4 Å². The summed E-state index contributed by atoms with van der Waals surface area (Å²) < 4.78 is 10.6. The minimum absolute atomic E-state index is 0.287. The number of hydrogen-bond donors (Lipinski definition) is 2. The molecule has 172 valence electrons. The minimum atomic E-state index is -0.334. The van der Waals surface area contributed by atoms with Crippen molar-refractivity contribution in [1.29, 1.82) is 0 Å². The van der Waals surface area contributed by atoms with E-state index in [2.05, 4.69) is 20.6 Å². The number of furan rings is 1. The highest BCUT2D eigenvalue weighted by atomic mass is 32.2. The van der Waals surface area contributed by atoms with Crippen molar-refractivity contribution in [2.75, 3.05) is 24.0 Å². The molecule has 0 aliphatic carbocycles. The largest absolute Gasteiger partial charge is 0.495 e. The Balaban J connectivity index is 1.49. The van der Waals surface area contributed by atoms with Crippen molar-refractivity contribution in [3.63, 3.8) is 0 Å². The van der Waals surface area contributed by atoms with Gasteiger partial charge in [-0.1, -0.05) is 12.1 Å². The smallest absolute Gasteiger partial charge is 0.260 e. The number of para-hydroxylation sites is 2. The molecule has 0 saturated carbocycles. The van der Waals surface area contributed by atoms with Crippen molar-refractivity contribution < 1.29 is 18.7 Å². The quantitative estimate of drug-likeness (QED) is 0.277. The highest BCUT2D eigenvalue weighted by Gasteiger charge is 2.20. The van der Waals surface area contributed by atoms with Crippen LogP contribution < -0.4 is 15.4 Å². The first-order chi connectivity index (χ1) is 16.5.